The normalized spacial score (nSPS) is 15.3. The Hall–Kier alpha value is -3.33. The van der Waals surface area contributed by atoms with E-state index in [4.69, 9.17) is 4.98 Å². The average molecular weight is 478 g/mol. The van der Waals surface area contributed by atoms with Crippen LogP contribution in [-0.2, 0) is 4.79 Å². The molecule has 184 valence electrons. The van der Waals surface area contributed by atoms with Crippen LogP contribution in [0.5, 0.6) is 0 Å². The molecule has 0 radical (unpaired) electrons. The topological polar surface area (TPSA) is 82.4 Å². The van der Waals surface area contributed by atoms with Crippen LogP contribution < -0.4 is 0 Å². The van der Waals surface area contributed by atoms with Crippen LogP contribution in [0.15, 0.2) is 24.7 Å². The predicted octanol–water partition coefficient (Wildman–Crippen LogP) is 4.11. The minimum Gasteiger partial charge on any atom is -0.353 e. The second-order valence-corrected chi connectivity index (χ2v) is 10.2. The molecule has 4 aromatic rings. The summed E-state index contributed by atoms with van der Waals surface area (Å²) in [5.41, 5.74) is 6.82. The SMILES string of the molecule is Cc1cc(-c2[nH]c3cc(F)c(C4CCN(C(=O)CN(C)C)CC4)nc3c2C(C)C)cn2ncnc12. The van der Waals surface area contributed by atoms with Crippen molar-refractivity contribution < 1.29 is 9.18 Å². The Morgan fingerprint density at radius 3 is 2.69 bits per heavy atom. The minimum absolute atomic E-state index is 0.00471. The molecule has 1 amide bonds. The third-order valence-corrected chi connectivity index (χ3v) is 6.90. The van der Waals surface area contributed by atoms with Crippen molar-refractivity contribution >= 4 is 22.6 Å². The average Bonchev–Trinajstić information content (AvgIpc) is 3.43. The first-order valence-corrected chi connectivity index (χ1v) is 12.2. The van der Waals surface area contributed by atoms with E-state index in [1.807, 2.05) is 37.0 Å². The first-order valence-electron chi connectivity index (χ1n) is 12.2. The molecule has 4 aromatic heterocycles. The van der Waals surface area contributed by atoms with Gasteiger partial charge in [-0.1, -0.05) is 13.8 Å². The zero-order valence-corrected chi connectivity index (χ0v) is 21.0. The van der Waals surface area contributed by atoms with Gasteiger partial charge in [0.25, 0.3) is 0 Å². The van der Waals surface area contributed by atoms with Gasteiger partial charge in [0.05, 0.1) is 29.0 Å². The van der Waals surface area contributed by atoms with E-state index < -0.39 is 0 Å². The highest BCUT2D eigenvalue weighted by Gasteiger charge is 2.28. The van der Waals surface area contributed by atoms with Gasteiger partial charge < -0.3 is 14.8 Å². The lowest BCUT2D eigenvalue weighted by Crippen LogP contribution is -2.42. The molecule has 1 aliphatic heterocycles. The predicted molar refractivity (Wildman–Crippen MR) is 134 cm³/mol. The maximum Gasteiger partial charge on any atom is 0.236 e. The number of amides is 1. The fraction of sp³-hybridized carbons (Fsp3) is 0.462. The molecule has 0 atom stereocenters. The Morgan fingerprint density at radius 2 is 2.00 bits per heavy atom. The molecule has 0 bridgehead atoms. The third-order valence-electron chi connectivity index (χ3n) is 6.90. The summed E-state index contributed by atoms with van der Waals surface area (Å²) in [5, 5.41) is 4.30. The molecule has 5 heterocycles. The number of likely N-dealkylation sites (N-methyl/N-ethyl adjacent to an activating group) is 1. The molecule has 0 saturated carbocycles. The van der Waals surface area contributed by atoms with Crippen molar-refractivity contribution in [1.29, 1.82) is 0 Å². The van der Waals surface area contributed by atoms with E-state index in [1.165, 1.54) is 0 Å². The van der Waals surface area contributed by atoms with Crippen LogP contribution >= 0.6 is 0 Å². The number of rotatable bonds is 5. The number of hydrogen-bond acceptors (Lipinski definition) is 5. The molecule has 1 aliphatic rings. The van der Waals surface area contributed by atoms with Gasteiger partial charge in [0, 0.05) is 42.4 Å². The molecule has 9 heteroatoms. The summed E-state index contributed by atoms with van der Waals surface area (Å²) in [6.45, 7) is 7.93. The molecule has 0 aliphatic carbocycles. The molecule has 35 heavy (non-hydrogen) atoms. The maximum absolute atomic E-state index is 15.3. The lowest BCUT2D eigenvalue weighted by Gasteiger charge is -2.32. The second-order valence-electron chi connectivity index (χ2n) is 10.2. The van der Waals surface area contributed by atoms with Gasteiger partial charge in [0.15, 0.2) is 5.65 Å². The van der Waals surface area contributed by atoms with E-state index >= 15 is 4.39 Å². The van der Waals surface area contributed by atoms with E-state index in [2.05, 4.69) is 35.0 Å². The van der Waals surface area contributed by atoms with Crippen molar-refractivity contribution in [2.24, 2.45) is 0 Å². The quantitative estimate of drug-likeness (QED) is 0.468. The maximum atomic E-state index is 15.3. The number of halogens is 1. The lowest BCUT2D eigenvalue weighted by atomic mass is 9.92. The number of carbonyl (C=O) groups is 1. The third kappa shape index (κ3) is 4.29. The lowest BCUT2D eigenvalue weighted by molar-refractivity contribution is -0.132. The van der Waals surface area contributed by atoms with E-state index in [0.717, 1.165) is 33.5 Å². The number of nitrogens with zero attached hydrogens (tertiary/aromatic N) is 6. The van der Waals surface area contributed by atoms with Gasteiger partial charge in [-0.2, -0.15) is 5.10 Å². The first kappa shape index (κ1) is 23.4. The number of pyridine rings is 2. The fourth-order valence-corrected chi connectivity index (χ4v) is 5.20. The first-order chi connectivity index (χ1) is 16.7. The highest BCUT2D eigenvalue weighted by atomic mass is 19.1. The van der Waals surface area contributed by atoms with Gasteiger partial charge in [-0.15, -0.1) is 0 Å². The highest BCUT2D eigenvalue weighted by Crippen LogP contribution is 2.38. The Balaban J connectivity index is 1.51. The number of hydrogen-bond donors (Lipinski definition) is 1. The van der Waals surface area contributed by atoms with E-state index in [1.54, 1.807) is 16.9 Å². The van der Waals surface area contributed by atoms with Crippen molar-refractivity contribution in [2.45, 2.75) is 45.4 Å². The molecule has 0 aromatic carbocycles. The van der Waals surface area contributed by atoms with Crippen molar-refractivity contribution in [1.82, 2.24) is 34.4 Å². The van der Waals surface area contributed by atoms with Crippen LogP contribution in [0.25, 0.3) is 27.9 Å². The van der Waals surface area contributed by atoms with Crippen LogP contribution in [-0.4, -0.2) is 74.0 Å². The summed E-state index contributed by atoms with van der Waals surface area (Å²) in [5.74, 6) is 0.00709. The number of carbonyl (C=O) groups excluding carboxylic acids is 1. The number of piperidine rings is 1. The van der Waals surface area contributed by atoms with E-state index in [-0.39, 0.29) is 23.6 Å². The van der Waals surface area contributed by atoms with Gasteiger partial charge in [0.1, 0.15) is 12.1 Å². The second kappa shape index (κ2) is 9.03. The van der Waals surface area contributed by atoms with Crippen LogP contribution in [0.3, 0.4) is 0 Å². The number of aryl methyl sites for hydroxylation is 1. The summed E-state index contributed by atoms with van der Waals surface area (Å²) in [7, 11) is 3.78. The monoisotopic (exact) mass is 477 g/mol. The number of aromatic nitrogens is 5. The molecule has 0 spiro atoms. The van der Waals surface area contributed by atoms with Crippen molar-refractivity contribution in [3.63, 3.8) is 0 Å². The summed E-state index contributed by atoms with van der Waals surface area (Å²) in [4.78, 5) is 28.8. The number of H-pyrrole nitrogens is 1. The Labute approximate surface area is 204 Å². The van der Waals surface area contributed by atoms with Gasteiger partial charge >= 0.3 is 0 Å². The molecular weight excluding hydrogens is 445 g/mol. The van der Waals surface area contributed by atoms with Crippen LogP contribution in [0.1, 0.15) is 55.3 Å². The van der Waals surface area contributed by atoms with Crippen LogP contribution in [0.4, 0.5) is 4.39 Å². The number of fused-ring (bicyclic) bond motifs is 2. The Kier molecular flexibility index (Phi) is 6.04. The Morgan fingerprint density at radius 1 is 1.26 bits per heavy atom. The van der Waals surface area contributed by atoms with Crippen molar-refractivity contribution in [3.05, 3.63) is 47.3 Å². The molecule has 1 saturated heterocycles. The fourth-order valence-electron chi connectivity index (χ4n) is 5.20. The van der Waals surface area contributed by atoms with Gasteiger partial charge in [-0.3, -0.25) is 4.79 Å². The molecule has 1 N–H and O–H groups in total. The van der Waals surface area contributed by atoms with Crippen molar-refractivity contribution in [2.75, 3.05) is 33.7 Å². The summed E-state index contributed by atoms with van der Waals surface area (Å²) >= 11 is 0. The van der Waals surface area contributed by atoms with Gasteiger partial charge in [-0.05, 0) is 51.4 Å². The zero-order chi connectivity index (χ0) is 24.9. The molecule has 8 nitrogen and oxygen atoms in total. The molecule has 0 unspecified atom stereocenters. The summed E-state index contributed by atoms with van der Waals surface area (Å²) in [6.07, 6.45) is 4.92. The Bertz CT molecular complexity index is 1400. The minimum atomic E-state index is -0.290. The largest absolute Gasteiger partial charge is 0.353 e. The van der Waals surface area contributed by atoms with Gasteiger partial charge in [-0.25, -0.2) is 18.9 Å². The molecular formula is C26H32FN7O. The molecule has 5 rings (SSSR count). The van der Waals surface area contributed by atoms with E-state index in [0.29, 0.717) is 43.7 Å². The highest BCUT2D eigenvalue weighted by molar-refractivity contribution is 5.89. The zero-order valence-electron chi connectivity index (χ0n) is 21.0. The van der Waals surface area contributed by atoms with Gasteiger partial charge in [0.2, 0.25) is 5.91 Å². The number of likely N-dealkylation sites (tertiary alicyclic amines) is 1. The van der Waals surface area contributed by atoms with E-state index in [9.17, 15) is 4.79 Å². The molecule has 1 fully saturated rings. The van der Waals surface area contributed by atoms with Crippen LogP contribution in [0, 0.1) is 12.7 Å². The smallest absolute Gasteiger partial charge is 0.236 e. The van der Waals surface area contributed by atoms with Crippen LogP contribution in [0.2, 0.25) is 0 Å². The standard InChI is InChI=1S/C26H32FN7O/c1-15(2)22-24(18-10-16(3)26-28-14-29-34(26)12-18)30-20-11-19(27)23(31-25(20)22)17-6-8-33(9-7-17)21(35)13-32(4)5/h10-12,14-15,17,30H,6-9,13H2,1-5H3. The van der Waals surface area contributed by atoms with Crippen molar-refractivity contribution in [3.8, 4) is 11.3 Å². The summed E-state index contributed by atoms with van der Waals surface area (Å²) < 4.78 is 17.1. The number of aromatic amines is 1. The summed E-state index contributed by atoms with van der Waals surface area (Å²) in [6, 6.07) is 3.66. The number of nitrogens with one attached hydrogen (secondary N) is 1.